The van der Waals surface area contributed by atoms with Gasteiger partial charge < -0.3 is 10.3 Å². The summed E-state index contributed by atoms with van der Waals surface area (Å²) in [5.74, 6) is 0.973. The summed E-state index contributed by atoms with van der Waals surface area (Å²) in [5.41, 5.74) is 4.76. The molecule has 0 aliphatic carbocycles. The Bertz CT molecular complexity index is 692. The zero-order valence-corrected chi connectivity index (χ0v) is 12.3. The number of H-pyrrole nitrogens is 1. The lowest BCUT2D eigenvalue weighted by molar-refractivity contribution is 0.0966. The van der Waals surface area contributed by atoms with E-state index >= 15 is 0 Å². The largest absolute Gasteiger partial charge is 0.348 e. The molecule has 2 heterocycles. The van der Waals surface area contributed by atoms with Crippen LogP contribution < -0.4 is 5.32 Å². The zero-order chi connectivity index (χ0) is 14.5. The van der Waals surface area contributed by atoms with Crippen LogP contribution in [0.2, 0.25) is 0 Å². The predicted octanol–water partition coefficient (Wildman–Crippen LogP) is 2.93. The molecule has 0 unspecified atom stereocenters. The van der Waals surface area contributed by atoms with E-state index in [1.807, 2.05) is 25.1 Å². The normalized spacial score (nSPS) is 14.3. The molecule has 0 fully saturated rings. The average Bonchev–Trinajstić information content (AvgIpc) is 2.93. The molecule has 2 N–H and O–H groups in total. The molecule has 2 aromatic rings. The third-order valence-corrected chi connectivity index (χ3v) is 3.66. The number of nitrogens with zero attached hydrogens (tertiary/aromatic N) is 1. The highest BCUT2D eigenvalue weighted by molar-refractivity contribution is 5.99. The molecule has 1 aliphatic heterocycles. The van der Waals surface area contributed by atoms with E-state index in [1.165, 1.54) is 0 Å². The standard InChI is InChI=1S/C16H19N3O/c1-9-13(19-15(18-9)16(2,3)4)10-5-6-11-8-17-14(20)12(11)7-10/h5-7H,8H2,1-4H3,(H,17,20)(H,18,19). The van der Waals surface area contributed by atoms with Gasteiger partial charge in [-0.2, -0.15) is 0 Å². The van der Waals surface area contributed by atoms with E-state index < -0.39 is 0 Å². The minimum Gasteiger partial charge on any atom is -0.348 e. The SMILES string of the molecule is Cc1[nH]c(C(C)(C)C)nc1-c1ccc2c(c1)C(=O)NC2. The van der Waals surface area contributed by atoms with E-state index in [-0.39, 0.29) is 11.3 Å². The van der Waals surface area contributed by atoms with Crippen LogP contribution in [0.15, 0.2) is 18.2 Å². The molecule has 4 heteroatoms. The molecule has 0 atom stereocenters. The molecule has 0 saturated carbocycles. The van der Waals surface area contributed by atoms with Crippen LogP contribution in [-0.4, -0.2) is 15.9 Å². The van der Waals surface area contributed by atoms with Crippen LogP contribution in [0.25, 0.3) is 11.3 Å². The van der Waals surface area contributed by atoms with Gasteiger partial charge in [-0.1, -0.05) is 32.9 Å². The van der Waals surface area contributed by atoms with Crippen LogP contribution in [0.3, 0.4) is 0 Å². The summed E-state index contributed by atoms with van der Waals surface area (Å²) < 4.78 is 0. The van der Waals surface area contributed by atoms with Gasteiger partial charge in [-0.15, -0.1) is 0 Å². The van der Waals surface area contributed by atoms with E-state index in [2.05, 4.69) is 31.1 Å². The van der Waals surface area contributed by atoms with Crippen molar-refractivity contribution in [3.05, 3.63) is 40.8 Å². The maximum Gasteiger partial charge on any atom is 0.251 e. The minimum absolute atomic E-state index is 0.00563. The lowest BCUT2D eigenvalue weighted by Gasteiger charge is -2.14. The number of aromatic amines is 1. The molecule has 0 spiro atoms. The van der Waals surface area contributed by atoms with Crippen molar-refractivity contribution in [1.82, 2.24) is 15.3 Å². The summed E-state index contributed by atoms with van der Waals surface area (Å²) in [4.78, 5) is 19.8. The number of aromatic nitrogens is 2. The molecule has 0 radical (unpaired) electrons. The van der Waals surface area contributed by atoms with Crippen LogP contribution in [0.4, 0.5) is 0 Å². The fourth-order valence-corrected chi connectivity index (χ4v) is 2.46. The summed E-state index contributed by atoms with van der Waals surface area (Å²) in [6.45, 7) is 9.04. The van der Waals surface area contributed by atoms with Gasteiger partial charge in [0.15, 0.2) is 0 Å². The molecular weight excluding hydrogens is 250 g/mol. The first-order chi connectivity index (χ1) is 9.36. The number of imidazole rings is 1. The highest BCUT2D eigenvalue weighted by atomic mass is 16.1. The van der Waals surface area contributed by atoms with Gasteiger partial charge in [0, 0.05) is 28.8 Å². The summed E-state index contributed by atoms with van der Waals surface area (Å²) in [6, 6.07) is 5.98. The highest BCUT2D eigenvalue weighted by Gasteiger charge is 2.23. The van der Waals surface area contributed by atoms with Crippen LogP contribution in [0.5, 0.6) is 0 Å². The first kappa shape index (κ1) is 12.9. The lowest BCUT2D eigenvalue weighted by atomic mass is 9.96. The summed E-state index contributed by atoms with van der Waals surface area (Å²) in [6.07, 6.45) is 0. The van der Waals surface area contributed by atoms with Crippen molar-refractivity contribution in [2.75, 3.05) is 0 Å². The van der Waals surface area contributed by atoms with E-state index in [0.29, 0.717) is 6.54 Å². The number of fused-ring (bicyclic) bond motifs is 1. The molecule has 20 heavy (non-hydrogen) atoms. The van der Waals surface area contributed by atoms with Gasteiger partial charge in [0.1, 0.15) is 5.82 Å². The maximum atomic E-state index is 11.8. The molecular formula is C16H19N3O. The number of aryl methyl sites for hydroxylation is 1. The highest BCUT2D eigenvalue weighted by Crippen LogP contribution is 2.29. The number of hydrogen-bond donors (Lipinski definition) is 2. The summed E-state index contributed by atoms with van der Waals surface area (Å²) >= 11 is 0. The van der Waals surface area contributed by atoms with Crippen molar-refractivity contribution in [2.45, 2.75) is 39.7 Å². The lowest BCUT2D eigenvalue weighted by Crippen LogP contribution is -2.13. The molecule has 1 aromatic carbocycles. The molecule has 4 nitrogen and oxygen atoms in total. The quantitative estimate of drug-likeness (QED) is 0.836. The zero-order valence-electron chi connectivity index (χ0n) is 12.3. The first-order valence-corrected chi connectivity index (χ1v) is 6.85. The number of carbonyl (C=O) groups excluding carboxylic acids is 1. The second-order valence-corrected chi connectivity index (χ2v) is 6.36. The van der Waals surface area contributed by atoms with Crippen molar-refractivity contribution in [1.29, 1.82) is 0 Å². The molecule has 1 amide bonds. The Labute approximate surface area is 118 Å². The van der Waals surface area contributed by atoms with E-state index in [9.17, 15) is 4.79 Å². The van der Waals surface area contributed by atoms with Crippen LogP contribution in [-0.2, 0) is 12.0 Å². The van der Waals surface area contributed by atoms with Crippen molar-refractivity contribution in [3.63, 3.8) is 0 Å². The maximum absolute atomic E-state index is 11.8. The number of rotatable bonds is 1. The third-order valence-electron chi connectivity index (χ3n) is 3.66. The molecule has 1 aliphatic rings. The molecule has 1 aromatic heterocycles. The number of hydrogen-bond acceptors (Lipinski definition) is 2. The number of amides is 1. The van der Waals surface area contributed by atoms with Crippen LogP contribution in [0.1, 0.15) is 48.2 Å². The fourth-order valence-electron chi connectivity index (χ4n) is 2.46. The third kappa shape index (κ3) is 2.01. The van der Waals surface area contributed by atoms with E-state index in [0.717, 1.165) is 33.9 Å². The molecule has 3 rings (SSSR count). The first-order valence-electron chi connectivity index (χ1n) is 6.85. The molecule has 0 saturated heterocycles. The smallest absolute Gasteiger partial charge is 0.251 e. The summed E-state index contributed by atoms with van der Waals surface area (Å²) in [5, 5.41) is 2.84. The van der Waals surface area contributed by atoms with Crippen molar-refractivity contribution in [2.24, 2.45) is 0 Å². The number of benzene rings is 1. The Balaban J connectivity index is 2.08. The summed E-state index contributed by atoms with van der Waals surface area (Å²) in [7, 11) is 0. The van der Waals surface area contributed by atoms with E-state index in [1.54, 1.807) is 0 Å². The van der Waals surface area contributed by atoms with Crippen molar-refractivity contribution in [3.8, 4) is 11.3 Å². The van der Waals surface area contributed by atoms with Gasteiger partial charge in [0.2, 0.25) is 0 Å². The van der Waals surface area contributed by atoms with Gasteiger partial charge in [0.25, 0.3) is 5.91 Å². The monoisotopic (exact) mass is 269 g/mol. The Kier molecular flexibility index (Phi) is 2.71. The van der Waals surface area contributed by atoms with Crippen molar-refractivity contribution >= 4 is 5.91 Å². The Morgan fingerprint density at radius 2 is 2.00 bits per heavy atom. The Morgan fingerprint density at radius 3 is 2.65 bits per heavy atom. The van der Waals surface area contributed by atoms with Gasteiger partial charge in [-0.3, -0.25) is 4.79 Å². The second kappa shape index (κ2) is 4.20. The topological polar surface area (TPSA) is 57.8 Å². The van der Waals surface area contributed by atoms with E-state index in [4.69, 9.17) is 4.98 Å². The van der Waals surface area contributed by atoms with Crippen molar-refractivity contribution < 1.29 is 4.79 Å². The number of carbonyl (C=O) groups is 1. The van der Waals surface area contributed by atoms with Gasteiger partial charge in [-0.25, -0.2) is 4.98 Å². The van der Waals surface area contributed by atoms with Gasteiger partial charge in [-0.05, 0) is 18.6 Å². The molecule has 0 bridgehead atoms. The van der Waals surface area contributed by atoms with Crippen LogP contribution in [0, 0.1) is 6.92 Å². The van der Waals surface area contributed by atoms with Gasteiger partial charge >= 0.3 is 0 Å². The average molecular weight is 269 g/mol. The second-order valence-electron chi connectivity index (χ2n) is 6.36. The van der Waals surface area contributed by atoms with Crippen LogP contribution >= 0.6 is 0 Å². The Morgan fingerprint density at radius 1 is 1.25 bits per heavy atom. The number of nitrogens with one attached hydrogen (secondary N) is 2. The minimum atomic E-state index is -0.0168. The Hall–Kier alpha value is -2.10. The van der Waals surface area contributed by atoms with Gasteiger partial charge in [0.05, 0.1) is 5.69 Å². The predicted molar refractivity (Wildman–Crippen MR) is 78.6 cm³/mol. The molecule has 104 valence electrons. The fraction of sp³-hybridized carbons (Fsp3) is 0.375.